The monoisotopic (exact) mass is 647 g/mol. The highest BCUT2D eigenvalue weighted by atomic mass is 14.9. The van der Waals surface area contributed by atoms with Crippen LogP contribution in [0.15, 0.2) is 176 Å². The number of hydrogen-bond donors (Lipinski definition) is 0. The summed E-state index contributed by atoms with van der Waals surface area (Å²) in [6.07, 6.45) is 0. The van der Waals surface area contributed by atoms with E-state index in [1.807, 2.05) is 48.5 Å². The van der Waals surface area contributed by atoms with Gasteiger partial charge in [-0.15, -0.1) is 0 Å². The molecule has 3 heteroatoms. The zero-order chi connectivity index (χ0) is 33.9. The van der Waals surface area contributed by atoms with Crippen LogP contribution in [0.3, 0.4) is 0 Å². The summed E-state index contributed by atoms with van der Waals surface area (Å²) in [5, 5.41) is 0. The SMILES string of the molecule is [C-]#[N+]c1cccc2c1-c1ccc(-c3ccc(-c4cc(-c5ccccc5)nc(-c5ccccc5)n4)cc3)cc1C21c2ccccc2-c2ccccc21. The normalized spacial score (nSPS) is 12.8. The second kappa shape index (κ2) is 11.3. The van der Waals surface area contributed by atoms with Crippen molar-refractivity contribution in [1.82, 2.24) is 9.97 Å². The Balaban J connectivity index is 1.12. The third-order valence-electron chi connectivity index (χ3n) is 10.6. The zero-order valence-electron chi connectivity index (χ0n) is 27.6. The van der Waals surface area contributed by atoms with Crippen molar-refractivity contribution in [3.63, 3.8) is 0 Å². The average Bonchev–Trinajstić information content (AvgIpc) is 3.68. The third kappa shape index (κ3) is 4.30. The first kappa shape index (κ1) is 29.1. The predicted molar refractivity (Wildman–Crippen MR) is 206 cm³/mol. The number of aromatic nitrogens is 2. The van der Waals surface area contributed by atoms with Crippen molar-refractivity contribution in [2.45, 2.75) is 5.41 Å². The Bertz CT molecular complexity index is 2580. The van der Waals surface area contributed by atoms with Crippen molar-refractivity contribution in [3.05, 3.63) is 210 Å². The molecule has 0 N–H and O–H groups in total. The smallest absolute Gasteiger partial charge is 0.195 e. The summed E-state index contributed by atoms with van der Waals surface area (Å²) in [5.41, 5.74) is 16.9. The fourth-order valence-corrected chi connectivity index (χ4v) is 8.34. The van der Waals surface area contributed by atoms with Gasteiger partial charge in [0.1, 0.15) is 0 Å². The first-order chi connectivity index (χ1) is 25.2. The Morgan fingerprint density at radius 1 is 0.392 bits per heavy atom. The second-order valence-corrected chi connectivity index (χ2v) is 13.2. The minimum atomic E-state index is -0.503. The topological polar surface area (TPSA) is 30.1 Å². The van der Waals surface area contributed by atoms with Crippen LogP contribution in [0.2, 0.25) is 0 Å². The van der Waals surface area contributed by atoms with Gasteiger partial charge in [-0.2, -0.15) is 0 Å². The molecule has 3 nitrogen and oxygen atoms in total. The molecule has 0 fully saturated rings. The van der Waals surface area contributed by atoms with Crippen molar-refractivity contribution in [3.8, 4) is 67.3 Å². The fourth-order valence-electron chi connectivity index (χ4n) is 8.34. The van der Waals surface area contributed by atoms with E-state index in [4.69, 9.17) is 16.5 Å². The Hall–Kier alpha value is -6.89. The van der Waals surface area contributed by atoms with Crippen molar-refractivity contribution in [2.75, 3.05) is 0 Å². The van der Waals surface area contributed by atoms with Crippen LogP contribution < -0.4 is 0 Å². The van der Waals surface area contributed by atoms with E-state index in [-0.39, 0.29) is 0 Å². The number of fused-ring (bicyclic) bond motifs is 10. The van der Waals surface area contributed by atoms with E-state index in [9.17, 15) is 0 Å². The molecular weight excluding hydrogens is 619 g/mol. The van der Waals surface area contributed by atoms with Gasteiger partial charge >= 0.3 is 0 Å². The summed E-state index contributed by atoms with van der Waals surface area (Å²) >= 11 is 0. The van der Waals surface area contributed by atoms with E-state index in [2.05, 4.69) is 132 Å². The molecule has 0 amide bonds. The lowest BCUT2D eigenvalue weighted by Crippen LogP contribution is -2.25. The molecule has 0 bridgehead atoms. The van der Waals surface area contributed by atoms with Crippen molar-refractivity contribution >= 4 is 5.69 Å². The largest absolute Gasteiger partial charge is 0.238 e. The van der Waals surface area contributed by atoms with Gasteiger partial charge in [0.25, 0.3) is 0 Å². The Morgan fingerprint density at radius 2 is 0.922 bits per heavy atom. The quantitative estimate of drug-likeness (QED) is 0.178. The highest BCUT2D eigenvalue weighted by Crippen LogP contribution is 2.64. The minimum Gasteiger partial charge on any atom is -0.238 e. The van der Waals surface area contributed by atoms with Gasteiger partial charge < -0.3 is 0 Å². The number of nitrogens with zero attached hydrogens (tertiary/aromatic N) is 3. The predicted octanol–water partition coefficient (Wildman–Crippen LogP) is 12.0. The van der Waals surface area contributed by atoms with E-state index in [1.54, 1.807) is 0 Å². The van der Waals surface area contributed by atoms with Crippen LogP contribution in [-0.4, -0.2) is 9.97 Å². The van der Waals surface area contributed by atoms with Crippen molar-refractivity contribution < 1.29 is 0 Å². The third-order valence-corrected chi connectivity index (χ3v) is 10.6. The molecule has 0 radical (unpaired) electrons. The van der Waals surface area contributed by atoms with Gasteiger partial charge in [-0.3, -0.25) is 0 Å². The molecule has 0 aliphatic heterocycles. The first-order valence-corrected chi connectivity index (χ1v) is 17.2. The standard InChI is InChI=1S/C48H29N3/c1-49-43-22-12-21-41-46(43)38-28-27-35(29-42(38)48(41)39-19-10-8-17-36(39)37-18-9-11-20-40(37)48)31-23-25-33(26-24-31)45-30-44(32-13-4-2-5-14-32)50-47(51-45)34-15-6-3-7-16-34/h2-30H. The molecule has 8 aromatic rings. The van der Waals surface area contributed by atoms with Gasteiger partial charge in [0.2, 0.25) is 0 Å². The molecule has 2 aliphatic rings. The molecule has 10 rings (SSSR count). The lowest BCUT2D eigenvalue weighted by atomic mass is 9.70. The maximum absolute atomic E-state index is 8.11. The highest BCUT2D eigenvalue weighted by molar-refractivity contribution is 5.99. The first-order valence-electron chi connectivity index (χ1n) is 17.2. The van der Waals surface area contributed by atoms with E-state index in [1.165, 1.54) is 33.4 Å². The van der Waals surface area contributed by atoms with Crippen LogP contribution in [0.4, 0.5) is 5.69 Å². The molecule has 0 atom stereocenters. The second-order valence-electron chi connectivity index (χ2n) is 13.2. The summed E-state index contributed by atoms with van der Waals surface area (Å²) in [4.78, 5) is 14.0. The summed E-state index contributed by atoms with van der Waals surface area (Å²) in [5.74, 6) is 0.704. The van der Waals surface area contributed by atoms with Crippen LogP contribution in [0, 0.1) is 6.57 Å². The van der Waals surface area contributed by atoms with Crippen molar-refractivity contribution in [2.24, 2.45) is 0 Å². The van der Waals surface area contributed by atoms with Gasteiger partial charge in [0.15, 0.2) is 11.5 Å². The van der Waals surface area contributed by atoms with Gasteiger partial charge in [-0.25, -0.2) is 14.8 Å². The van der Waals surface area contributed by atoms with E-state index >= 15 is 0 Å². The van der Waals surface area contributed by atoms with Crippen LogP contribution in [0.5, 0.6) is 0 Å². The lowest BCUT2D eigenvalue weighted by molar-refractivity contribution is 0.794. The summed E-state index contributed by atoms with van der Waals surface area (Å²) in [6, 6.07) is 61.8. The van der Waals surface area contributed by atoms with Gasteiger partial charge in [0, 0.05) is 16.7 Å². The van der Waals surface area contributed by atoms with Crippen molar-refractivity contribution in [1.29, 1.82) is 0 Å². The highest BCUT2D eigenvalue weighted by Gasteiger charge is 2.52. The maximum Gasteiger partial charge on any atom is 0.195 e. The van der Waals surface area contributed by atoms with Gasteiger partial charge in [-0.05, 0) is 67.8 Å². The number of rotatable bonds is 4. The van der Waals surface area contributed by atoms with E-state index < -0.39 is 5.41 Å². The minimum absolute atomic E-state index is 0.503. The van der Waals surface area contributed by atoms with Gasteiger partial charge in [-0.1, -0.05) is 164 Å². The molecule has 1 heterocycles. The molecule has 0 unspecified atom stereocenters. The molecule has 0 saturated carbocycles. The van der Waals surface area contributed by atoms with Gasteiger partial charge in [0.05, 0.1) is 23.4 Å². The lowest BCUT2D eigenvalue weighted by Gasteiger charge is -2.31. The summed E-state index contributed by atoms with van der Waals surface area (Å²) in [7, 11) is 0. The molecular formula is C48H29N3. The molecule has 2 aliphatic carbocycles. The number of benzene rings is 7. The Kier molecular flexibility index (Phi) is 6.46. The van der Waals surface area contributed by atoms with E-state index in [0.717, 1.165) is 50.3 Å². The van der Waals surface area contributed by atoms with Crippen LogP contribution in [0.1, 0.15) is 22.3 Å². The summed E-state index contributed by atoms with van der Waals surface area (Å²) < 4.78 is 0. The molecule has 1 spiro atoms. The van der Waals surface area contributed by atoms with Crippen LogP contribution in [0.25, 0.3) is 72.1 Å². The molecule has 51 heavy (non-hydrogen) atoms. The maximum atomic E-state index is 8.11. The molecule has 0 saturated heterocycles. The van der Waals surface area contributed by atoms with E-state index in [0.29, 0.717) is 11.5 Å². The molecule has 7 aromatic carbocycles. The molecule has 1 aromatic heterocycles. The Morgan fingerprint density at radius 3 is 1.57 bits per heavy atom. The van der Waals surface area contributed by atoms with Crippen LogP contribution >= 0.6 is 0 Å². The number of hydrogen-bond acceptors (Lipinski definition) is 2. The average molecular weight is 648 g/mol. The van der Waals surface area contributed by atoms with Crippen LogP contribution in [-0.2, 0) is 5.41 Å². The molecule has 236 valence electrons. The fraction of sp³-hybridized carbons (Fsp3) is 0.0208. The zero-order valence-corrected chi connectivity index (χ0v) is 27.6. The summed E-state index contributed by atoms with van der Waals surface area (Å²) in [6.45, 7) is 8.11. The Labute approximate surface area is 297 Å².